The molecular formula is C11H13BrO3S. The Labute approximate surface area is 104 Å². The van der Waals surface area contributed by atoms with Gasteiger partial charge in [0.05, 0.1) is 0 Å². The van der Waals surface area contributed by atoms with Gasteiger partial charge in [-0.2, -0.15) is 0 Å². The molecule has 0 heterocycles. The number of halogens is 1. The van der Waals surface area contributed by atoms with Gasteiger partial charge in [0.1, 0.15) is 0 Å². The molecule has 0 aliphatic heterocycles. The average Bonchev–Trinajstić information content (AvgIpc) is 2.16. The minimum Gasteiger partial charge on any atom is -0.291 e. The standard InChI is InChI=1S/C11H13BrO3S/c1-8-4-6-9(7-5-8)10(13)11(2,12)16(3,14)15/h4-7H,1-3H3/t11-/m0/s1. The first kappa shape index (κ1) is 13.4. The Morgan fingerprint density at radius 2 is 1.69 bits per heavy atom. The summed E-state index contributed by atoms with van der Waals surface area (Å²) in [5.41, 5.74) is 1.41. The fraction of sp³-hybridized carbons (Fsp3) is 0.364. The van der Waals surface area contributed by atoms with E-state index in [0.717, 1.165) is 11.8 Å². The first-order valence-electron chi connectivity index (χ1n) is 4.66. The number of ketones is 1. The molecule has 16 heavy (non-hydrogen) atoms. The van der Waals surface area contributed by atoms with Crippen molar-refractivity contribution in [1.82, 2.24) is 0 Å². The highest BCUT2D eigenvalue weighted by Gasteiger charge is 2.41. The van der Waals surface area contributed by atoms with Crippen LogP contribution in [0.2, 0.25) is 0 Å². The first-order chi connectivity index (χ1) is 7.16. The van der Waals surface area contributed by atoms with Gasteiger partial charge in [-0.3, -0.25) is 4.79 Å². The summed E-state index contributed by atoms with van der Waals surface area (Å²) in [6.07, 6.45) is 1.04. The van der Waals surface area contributed by atoms with E-state index < -0.39 is 19.3 Å². The van der Waals surface area contributed by atoms with Gasteiger partial charge in [0.15, 0.2) is 19.3 Å². The lowest BCUT2D eigenvalue weighted by atomic mass is 10.1. The number of carbonyl (C=O) groups excluding carboxylic acids is 1. The van der Waals surface area contributed by atoms with Gasteiger partial charge in [0.25, 0.3) is 0 Å². The van der Waals surface area contributed by atoms with Crippen molar-refractivity contribution in [3.05, 3.63) is 35.4 Å². The lowest BCUT2D eigenvalue weighted by Gasteiger charge is -2.18. The predicted octanol–water partition coefficient (Wildman–Crippen LogP) is 2.33. The van der Waals surface area contributed by atoms with E-state index in [1.54, 1.807) is 24.3 Å². The van der Waals surface area contributed by atoms with Crippen molar-refractivity contribution in [2.45, 2.75) is 17.5 Å². The van der Waals surface area contributed by atoms with Crippen molar-refractivity contribution >= 4 is 31.6 Å². The summed E-state index contributed by atoms with van der Waals surface area (Å²) in [5, 5.41) is 0. The molecule has 0 saturated carbocycles. The minimum atomic E-state index is -3.49. The molecular weight excluding hydrogens is 292 g/mol. The average molecular weight is 305 g/mol. The van der Waals surface area contributed by atoms with Gasteiger partial charge in [0, 0.05) is 11.8 Å². The SMILES string of the molecule is Cc1ccc(C(=O)[C@@](C)(Br)S(C)(=O)=O)cc1. The van der Waals surface area contributed by atoms with Crippen LogP contribution in [0.1, 0.15) is 22.8 Å². The molecule has 1 aromatic carbocycles. The normalized spacial score (nSPS) is 15.5. The molecule has 0 N–H and O–H groups in total. The van der Waals surface area contributed by atoms with Crippen molar-refractivity contribution in [2.24, 2.45) is 0 Å². The number of carbonyl (C=O) groups is 1. The number of rotatable bonds is 3. The van der Waals surface area contributed by atoms with Gasteiger partial charge < -0.3 is 0 Å². The van der Waals surface area contributed by atoms with Crippen molar-refractivity contribution in [1.29, 1.82) is 0 Å². The zero-order valence-corrected chi connectivity index (χ0v) is 11.7. The number of benzene rings is 1. The monoisotopic (exact) mass is 304 g/mol. The van der Waals surface area contributed by atoms with E-state index in [9.17, 15) is 13.2 Å². The van der Waals surface area contributed by atoms with Crippen LogP contribution in [-0.2, 0) is 9.84 Å². The second kappa shape index (κ2) is 4.30. The van der Waals surface area contributed by atoms with E-state index in [1.807, 2.05) is 6.92 Å². The first-order valence-corrected chi connectivity index (χ1v) is 7.34. The Balaban J connectivity index is 3.18. The second-order valence-electron chi connectivity index (χ2n) is 3.88. The van der Waals surface area contributed by atoms with Crippen LogP contribution in [-0.4, -0.2) is 24.1 Å². The van der Waals surface area contributed by atoms with Gasteiger partial charge in [0.2, 0.25) is 0 Å². The summed E-state index contributed by atoms with van der Waals surface area (Å²) in [4.78, 5) is 12.0. The highest BCUT2D eigenvalue weighted by atomic mass is 79.9. The molecule has 5 heteroatoms. The molecule has 0 bridgehead atoms. The van der Waals surface area contributed by atoms with Crippen LogP contribution in [0.5, 0.6) is 0 Å². The molecule has 0 unspecified atom stereocenters. The van der Waals surface area contributed by atoms with Crippen LogP contribution in [0.25, 0.3) is 0 Å². The third-order valence-corrected chi connectivity index (χ3v) is 6.12. The Kier molecular flexibility index (Phi) is 3.59. The lowest BCUT2D eigenvalue weighted by Crippen LogP contribution is -2.36. The summed E-state index contributed by atoms with van der Waals surface area (Å²) in [5.74, 6) is -0.449. The molecule has 0 fully saturated rings. The van der Waals surface area contributed by atoms with E-state index in [-0.39, 0.29) is 0 Å². The van der Waals surface area contributed by atoms with Gasteiger partial charge in [-0.05, 0) is 13.8 Å². The Hall–Kier alpha value is -0.680. The lowest BCUT2D eigenvalue weighted by molar-refractivity contribution is 0.0983. The topological polar surface area (TPSA) is 51.2 Å². The maximum Gasteiger partial charge on any atom is 0.194 e. The zero-order valence-electron chi connectivity index (χ0n) is 9.32. The Morgan fingerprint density at radius 1 is 1.25 bits per heavy atom. The number of aryl methyl sites for hydroxylation is 1. The van der Waals surface area contributed by atoms with E-state index >= 15 is 0 Å². The van der Waals surface area contributed by atoms with Gasteiger partial charge in [-0.25, -0.2) is 8.42 Å². The summed E-state index contributed by atoms with van der Waals surface area (Å²) in [6.45, 7) is 3.25. The van der Waals surface area contributed by atoms with Crippen LogP contribution in [0, 0.1) is 6.92 Å². The van der Waals surface area contributed by atoms with Gasteiger partial charge in [-0.1, -0.05) is 45.8 Å². The Bertz CT molecular complexity index is 501. The molecule has 0 saturated heterocycles. The summed E-state index contributed by atoms with van der Waals surface area (Å²) < 4.78 is 21.4. The minimum absolute atomic E-state index is 0.385. The molecule has 0 aliphatic rings. The zero-order chi connectivity index (χ0) is 12.6. The number of Topliss-reactive ketones (excluding diaryl/α,β-unsaturated/α-hetero) is 1. The summed E-state index contributed by atoms with van der Waals surface area (Å²) in [6, 6.07) is 6.81. The van der Waals surface area contributed by atoms with E-state index in [0.29, 0.717) is 5.56 Å². The van der Waals surface area contributed by atoms with Gasteiger partial charge >= 0.3 is 0 Å². The molecule has 0 spiro atoms. The summed E-state index contributed by atoms with van der Waals surface area (Å²) >= 11 is 2.99. The van der Waals surface area contributed by atoms with E-state index in [1.165, 1.54) is 6.92 Å². The van der Waals surface area contributed by atoms with Crippen molar-refractivity contribution < 1.29 is 13.2 Å². The third kappa shape index (κ3) is 2.52. The number of hydrogen-bond donors (Lipinski definition) is 0. The molecule has 88 valence electrons. The highest BCUT2D eigenvalue weighted by molar-refractivity contribution is 9.12. The molecule has 1 aromatic rings. The Morgan fingerprint density at radius 3 is 2.06 bits per heavy atom. The molecule has 3 nitrogen and oxygen atoms in total. The van der Waals surface area contributed by atoms with Crippen LogP contribution < -0.4 is 0 Å². The quantitative estimate of drug-likeness (QED) is 0.636. The maximum atomic E-state index is 12.0. The van der Waals surface area contributed by atoms with Crippen molar-refractivity contribution in [3.63, 3.8) is 0 Å². The molecule has 0 aliphatic carbocycles. The van der Waals surface area contributed by atoms with Crippen LogP contribution in [0.15, 0.2) is 24.3 Å². The largest absolute Gasteiger partial charge is 0.291 e. The third-order valence-electron chi connectivity index (χ3n) is 2.42. The number of alkyl halides is 1. The highest BCUT2D eigenvalue weighted by Crippen LogP contribution is 2.28. The van der Waals surface area contributed by atoms with Crippen LogP contribution >= 0.6 is 15.9 Å². The maximum absolute atomic E-state index is 12.0. The molecule has 1 atom stereocenters. The van der Waals surface area contributed by atoms with E-state index in [2.05, 4.69) is 15.9 Å². The van der Waals surface area contributed by atoms with E-state index in [4.69, 9.17) is 0 Å². The fourth-order valence-electron chi connectivity index (χ4n) is 1.13. The molecule has 0 amide bonds. The summed E-state index contributed by atoms with van der Waals surface area (Å²) in [7, 11) is -3.49. The van der Waals surface area contributed by atoms with Crippen LogP contribution in [0.3, 0.4) is 0 Å². The van der Waals surface area contributed by atoms with Crippen LogP contribution in [0.4, 0.5) is 0 Å². The van der Waals surface area contributed by atoms with Gasteiger partial charge in [-0.15, -0.1) is 0 Å². The smallest absolute Gasteiger partial charge is 0.194 e. The molecule has 0 radical (unpaired) electrons. The predicted molar refractivity (Wildman–Crippen MR) is 67.7 cm³/mol. The van der Waals surface area contributed by atoms with Crippen molar-refractivity contribution in [3.8, 4) is 0 Å². The number of hydrogen-bond acceptors (Lipinski definition) is 3. The number of sulfone groups is 1. The van der Waals surface area contributed by atoms with Crippen molar-refractivity contribution in [2.75, 3.05) is 6.26 Å². The molecule has 1 rings (SSSR count). The fourth-order valence-corrected chi connectivity index (χ4v) is 1.81. The second-order valence-corrected chi connectivity index (χ2v) is 8.36. The molecule has 0 aromatic heterocycles.